The van der Waals surface area contributed by atoms with Gasteiger partial charge in [-0.2, -0.15) is 0 Å². The predicted molar refractivity (Wildman–Crippen MR) is 60.6 cm³/mol. The highest BCUT2D eigenvalue weighted by Gasteiger charge is 2.18. The maximum atomic E-state index is 5.84. The van der Waals surface area contributed by atoms with Crippen LogP contribution in [0.5, 0.6) is 0 Å². The largest absolute Gasteiger partial charge is 0.461 e. The van der Waals surface area contributed by atoms with E-state index in [1.165, 1.54) is 40.4 Å². The molecule has 72 valence electrons. The van der Waals surface area contributed by atoms with Crippen molar-refractivity contribution >= 4 is 26.9 Å². The molecular weight excluding hydrogens is 240 g/mol. The zero-order chi connectivity index (χ0) is 9.54. The molecule has 1 heterocycles. The lowest BCUT2D eigenvalue weighted by Crippen LogP contribution is -1.98. The summed E-state index contributed by atoms with van der Waals surface area (Å²) in [6.45, 7) is 0. The van der Waals surface area contributed by atoms with E-state index in [0.717, 1.165) is 12.0 Å². The van der Waals surface area contributed by atoms with Gasteiger partial charge in [0.2, 0.25) is 0 Å². The average molecular weight is 251 g/mol. The van der Waals surface area contributed by atoms with Gasteiger partial charge in [0.15, 0.2) is 0 Å². The molecule has 1 aliphatic carbocycles. The van der Waals surface area contributed by atoms with Gasteiger partial charge in [0.1, 0.15) is 11.3 Å². The Morgan fingerprint density at radius 1 is 1.14 bits per heavy atom. The minimum absolute atomic E-state index is 1.03. The predicted octanol–water partition coefficient (Wildman–Crippen LogP) is 4.07. The zero-order valence-electron chi connectivity index (χ0n) is 7.85. The van der Waals surface area contributed by atoms with Gasteiger partial charge >= 0.3 is 0 Å². The number of rotatable bonds is 0. The van der Waals surface area contributed by atoms with Crippen LogP contribution in [0.1, 0.15) is 24.2 Å². The summed E-state index contributed by atoms with van der Waals surface area (Å²) in [5.41, 5.74) is 2.46. The highest BCUT2D eigenvalue weighted by atomic mass is 79.9. The van der Waals surface area contributed by atoms with E-state index in [9.17, 15) is 0 Å². The molecule has 1 aromatic carbocycles. The molecule has 0 saturated heterocycles. The molecule has 0 spiro atoms. The summed E-state index contributed by atoms with van der Waals surface area (Å²) in [6.07, 6.45) is 4.84. The van der Waals surface area contributed by atoms with Crippen LogP contribution >= 0.6 is 15.9 Å². The fraction of sp³-hybridized carbons (Fsp3) is 0.333. The Bertz CT molecular complexity index is 484. The molecule has 0 unspecified atom stereocenters. The summed E-state index contributed by atoms with van der Waals surface area (Å²) in [4.78, 5) is 0. The Labute approximate surface area is 91.2 Å². The molecule has 0 atom stereocenters. The molecule has 2 heteroatoms. The number of benzene rings is 1. The van der Waals surface area contributed by atoms with Crippen LogP contribution in [0, 0.1) is 0 Å². The quantitative estimate of drug-likeness (QED) is 0.687. The third kappa shape index (κ3) is 1.13. The number of aryl methyl sites for hydroxylation is 2. The summed E-state index contributed by atoms with van der Waals surface area (Å²) >= 11 is 3.60. The fourth-order valence-electron chi connectivity index (χ4n) is 2.27. The minimum Gasteiger partial charge on any atom is -0.461 e. The van der Waals surface area contributed by atoms with Gasteiger partial charge in [-0.1, -0.05) is 22.0 Å². The Morgan fingerprint density at radius 2 is 2.00 bits per heavy atom. The van der Waals surface area contributed by atoms with E-state index < -0.39 is 0 Å². The van der Waals surface area contributed by atoms with Crippen molar-refractivity contribution in [1.29, 1.82) is 0 Å². The third-order valence-corrected chi connectivity index (χ3v) is 3.59. The van der Waals surface area contributed by atoms with Gasteiger partial charge in [0.05, 0.1) is 0 Å². The van der Waals surface area contributed by atoms with Crippen LogP contribution in [-0.2, 0) is 12.8 Å². The second-order valence-corrected chi connectivity index (χ2v) is 4.68. The maximum Gasteiger partial charge on any atom is 0.135 e. The normalized spacial score (nSPS) is 15.8. The number of hydrogen-bond donors (Lipinski definition) is 0. The van der Waals surface area contributed by atoms with Gasteiger partial charge in [-0.25, -0.2) is 0 Å². The van der Waals surface area contributed by atoms with Crippen LogP contribution in [0.15, 0.2) is 27.1 Å². The average Bonchev–Trinajstić information content (AvgIpc) is 2.57. The highest BCUT2D eigenvalue weighted by molar-refractivity contribution is 9.10. The van der Waals surface area contributed by atoms with E-state index in [4.69, 9.17) is 4.42 Å². The first-order valence-electron chi connectivity index (χ1n) is 5.05. The SMILES string of the molecule is Brc1cccc2oc3c(c12)CCCC3. The summed E-state index contributed by atoms with van der Waals surface area (Å²) in [6, 6.07) is 6.17. The Balaban J connectivity index is 2.38. The fourth-order valence-corrected chi connectivity index (χ4v) is 2.86. The summed E-state index contributed by atoms with van der Waals surface area (Å²) in [5, 5.41) is 1.29. The topological polar surface area (TPSA) is 13.1 Å². The molecule has 0 radical (unpaired) electrons. The van der Waals surface area contributed by atoms with Gasteiger partial charge in [-0.15, -0.1) is 0 Å². The smallest absolute Gasteiger partial charge is 0.135 e. The molecule has 1 aliphatic rings. The van der Waals surface area contributed by atoms with E-state index >= 15 is 0 Å². The first-order valence-corrected chi connectivity index (χ1v) is 5.84. The lowest BCUT2D eigenvalue weighted by molar-refractivity contribution is 0.506. The first-order chi connectivity index (χ1) is 6.86. The number of halogens is 1. The van der Waals surface area contributed by atoms with Crippen molar-refractivity contribution < 1.29 is 4.42 Å². The molecule has 1 aromatic heterocycles. The molecule has 0 saturated carbocycles. The van der Waals surface area contributed by atoms with Crippen molar-refractivity contribution in [2.75, 3.05) is 0 Å². The molecular formula is C12H11BrO. The van der Waals surface area contributed by atoms with Crippen molar-refractivity contribution in [3.63, 3.8) is 0 Å². The highest BCUT2D eigenvalue weighted by Crippen LogP contribution is 2.35. The lowest BCUT2D eigenvalue weighted by Gasteiger charge is -2.08. The standard InChI is InChI=1S/C12H11BrO/c13-9-5-3-7-11-12(9)8-4-1-2-6-10(8)14-11/h3,5,7H,1-2,4,6H2. The monoisotopic (exact) mass is 250 g/mol. The second-order valence-electron chi connectivity index (χ2n) is 3.82. The van der Waals surface area contributed by atoms with E-state index in [-0.39, 0.29) is 0 Å². The number of fused-ring (bicyclic) bond motifs is 3. The molecule has 3 rings (SSSR count). The Hall–Kier alpha value is -0.760. The maximum absolute atomic E-state index is 5.84. The van der Waals surface area contributed by atoms with Crippen molar-refractivity contribution in [3.8, 4) is 0 Å². The Kier molecular flexibility index (Phi) is 1.91. The molecule has 2 aromatic rings. The van der Waals surface area contributed by atoms with Crippen molar-refractivity contribution in [1.82, 2.24) is 0 Å². The molecule has 0 bridgehead atoms. The number of hydrogen-bond acceptors (Lipinski definition) is 1. The van der Waals surface area contributed by atoms with Crippen LogP contribution in [-0.4, -0.2) is 0 Å². The van der Waals surface area contributed by atoms with Crippen molar-refractivity contribution in [2.45, 2.75) is 25.7 Å². The van der Waals surface area contributed by atoms with Gasteiger partial charge in [0, 0.05) is 21.8 Å². The second kappa shape index (κ2) is 3.13. The van der Waals surface area contributed by atoms with Crippen molar-refractivity contribution in [3.05, 3.63) is 34.0 Å². The molecule has 0 amide bonds. The summed E-state index contributed by atoms with van der Waals surface area (Å²) < 4.78 is 7.01. The van der Waals surface area contributed by atoms with E-state index in [1.807, 2.05) is 6.07 Å². The van der Waals surface area contributed by atoms with Gasteiger partial charge < -0.3 is 4.42 Å². The van der Waals surface area contributed by atoms with Gasteiger partial charge in [-0.3, -0.25) is 0 Å². The van der Waals surface area contributed by atoms with Crippen molar-refractivity contribution in [2.24, 2.45) is 0 Å². The molecule has 14 heavy (non-hydrogen) atoms. The van der Waals surface area contributed by atoms with E-state index in [2.05, 4.69) is 28.1 Å². The molecule has 0 N–H and O–H groups in total. The zero-order valence-corrected chi connectivity index (χ0v) is 9.43. The van der Waals surface area contributed by atoms with Crippen LogP contribution < -0.4 is 0 Å². The van der Waals surface area contributed by atoms with Crippen LogP contribution in [0.25, 0.3) is 11.0 Å². The van der Waals surface area contributed by atoms with Crippen LogP contribution in [0.2, 0.25) is 0 Å². The lowest BCUT2D eigenvalue weighted by atomic mass is 9.96. The van der Waals surface area contributed by atoms with Crippen LogP contribution in [0.3, 0.4) is 0 Å². The number of furan rings is 1. The van der Waals surface area contributed by atoms with E-state index in [0.29, 0.717) is 0 Å². The minimum atomic E-state index is 1.03. The molecule has 0 aliphatic heterocycles. The van der Waals surface area contributed by atoms with E-state index in [1.54, 1.807) is 0 Å². The molecule has 1 nitrogen and oxygen atoms in total. The third-order valence-electron chi connectivity index (χ3n) is 2.93. The Morgan fingerprint density at radius 3 is 2.93 bits per heavy atom. The summed E-state index contributed by atoms with van der Waals surface area (Å²) in [5.74, 6) is 1.21. The van der Waals surface area contributed by atoms with Gasteiger partial charge in [0.25, 0.3) is 0 Å². The van der Waals surface area contributed by atoms with Gasteiger partial charge in [-0.05, 0) is 31.4 Å². The summed E-state index contributed by atoms with van der Waals surface area (Å²) in [7, 11) is 0. The first kappa shape index (κ1) is 8.54. The van der Waals surface area contributed by atoms with Crippen LogP contribution in [0.4, 0.5) is 0 Å². The molecule has 0 fully saturated rings.